The molecule has 0 spiro atoms. The van der Waals surface area contributed by atoms with Crippen molar-refractivity contribution in [2.75, 3.05) is 0 Å². The van der Waals surface area contributed by atoms with Gasteiger partial charge in [0.2, 0.25) is 5.91 Å². The highest BCUT2D eigenvalue weighted by molar-refractivity contribution is 5.91. The van der Waals surface area contributed by atoms with E-state index in [-0.39, 0.29) is 19.4 Å². The fraction of sp³-hybridized carbons (Fsp3) is 0.217. The number of imidazole rings is 1. The smallest absolute Gasteiger partial charge is 0.408 e. The zero-order valence-corrected chi connectivity index (χ0v) is 17.9. The molecule has 172 valence electrons. The molecule has 0 aliphatic carbocycles. The quantitative estimate of drug-likeness (QED) is 0.176. The third-order valence-electron chi connectivity index (χ3n) is 4.86. The van der Waals surface area contributed by atoms with Crippen LogP contribution in [0.25, 0.3) is 0 Å². The number of hydrazine groups is 1. The minimum atomic E-state index is -0.981. The van der Waals surface area contributed by atoms with Crippen LogP contribution in [0.1, 0.15) is 16.8 Å². The lowest BCUT2D eigenvalue weighted by atomic mass is 10.0. The molecule has 3 aromatic rings. The first-order valence-corrected chi connectivity index (χ1v) is 10.3. The fourth-order valence-electron chi connectivity index (χ4n) is 3.16. The van der Waals surface area contributed by atoms with Crippen molar-refractivity contribution in [1.82, 2.24) is 26.0 Å². The van der Waals surface area contributed by atoms with Crippen LogP contribution in [0.15, 0.2) is 73.2 Å². The summed E-state index contributed by atoms with van der Waals surface area (Å²) in [5, 5.41) is 5.26. The Morgan fingerprint density at radius 2 is 1.52 bits per heavy atom. The van der Waals surface area contributed by atoms with Gasteiger partial charge in [-0.15, -0.1) is 0 Å². The lowest BCUT2D eigenvalue weighted by Gasteiger charge is -2.22. The van der Waals surface area contributed by atoms with Crippen molar-refractivity contribution < 1.29 is 19.1 Å². The van der Waals surface area contributed by atoms with Gasteiger partial charge in [-0.2, -0.15) is 0 Å². The summed E-state index contributed by atoms with van der Waals surface area (Å²) >= 11 is 0. The van der Waals surface area contributed by atoms with Crippen LogP contribution >= 0.6 is 0 Å². The first-order chi connectivity index (χ1) is 16.0. The van der Waals surface area contributed by atoms with Crippen LogP contribution in [0, 0.1) is 0 Å². The van der Waals surface area contributed by atoms with Crippen molar-refractivity contribution in [3.8, 4) is 0 Å². The number of hydrogen-bond donors (Lipinski definition) is 5. The van der Waals surface area contributed by atoms with E-state index in [0.29, 0.717) is 5.69 Å². The van der Waals surface area contributed by atoms with Crippen molar-refractivity contribution >= 4 is 17.9 Å². The standard InChI is InChI=1S/C23H26N6O4/c24-29-22(31)20(12-18-13-25-15-26-18)27-21(30)19(11-16-7-3-1-4-8-16)28-23(32)33-14-17-9-5-2-6-10-17/h1-10,13,15,19-20H,11-12,14,24H2,(H,25,26)(H,27,30)(H,28,32)(H,29,31)/t19-,20-/m0/s1. The topological polar surface area (TPSA) is 151 Å². The van der Waals surface area contributed by atoms with Crippen LogP contribution in [0.3, 0.4) is 0 Å². The van der Waals surface area contributed by atoms with Gasteiger partial charge < -0.3 is 20.4 Å². The fourth-order valence-corrected chi connectivity index (χ4v) is 3.16. The molecule has 0 fully saturated rings. The number of amides is 3. The number of nitrogens with zero attached hydrogens (tertiary/aromatic N) is 1. The summed E-state index contributed by atoms with van der Waals surface area (Å²) in [5.74, 6) is 4.15. The first-order valence-electron chi connectivity index (χ1n) is 10.3. The van der Waals surface area contributed by atoms with Crippen molar-refractivity contribution in [3.63, 3.8) is 0 Å². The summed E-state index contributed by atoms with van der Waals surface area (Å²) in [6.07, 6.45) is 2.61. The van der Waals surface area contributed by atoms with Gasteiger partial charge in [0.15, 0.2) is 0 Å². The van der Waals surface area contributed by atoms with Gasteiger partial charge >= 0.3 is 6.09 Å². The summed E-state index contributed by atoms with van der Waals surface area (Å²) in [6.45, 7) is 0.0599. The summed E-state index contributed by atoms with van der Waals surface area (Å²) in [6, 6.07) is 16.4. The molecule has 0 aliphatic rings. The molecule has 0 unspecified atom stereocenters. The van der Waals surface area contributed by atoms with E-state index in [0.717, 1.165) is 11.1 Å². The maximum Gasteiger partial charge on any atom is 0.408 e. The van der Waals surface area contributed by atoms with Gasteiger partial charge in [-0.1, -0.05) is 60.7 Å². The highest BCUT2D eigenvalue weighted by Crippen LogP contribution is 2.07. The van der Waals surface area contributed by atoms with Gasteiger partial charge in [0.1, 0.15) is 18.7 Å². The Balaban J connectivity index is 1.69. The molecule has 33 heavy (non-hydrogen) atoms. The van der Waals surface area contributed by atoms with E-state index in [1.165, 1.54) is 6.33 Å². The van der Waals surface area contributed by atoms with E-state index < -0.39 is 30.0 Å². The maximum atomic E-state index is 13.1. The van der Waals surface area contributed by atoms with E-state index in [2.05, 4.69) is 26.0 Å². The van der Waals surface area contributed by atoms with Crippen molar-refractivity contribution in [1.29, 1.82) is 0 Å². The molecule has 0 aliphatic heterocycles. The molecule has 2 aromatic carbocycles. The number of alkyl carbamates (subject to hydrolysis) is 1. The van der Waals surface area contributed by atoms with Crippen molar-refractivity contribution in [2.24, 2.45) is 5.84 Å². The minimum absolute atomic E-state index is 0.0599. The molecule has 2 atom stereocenters. The minimum Gasteiger partial charge on any atom is -0.445 e. The van der Waals surface area contributed by atoms with Crippen LogP contribution < -0.4 is 21.9 Å². The zero-order valence-electron chi connectivity index (χ0n) is 17.9. The molecule has 1 aromatic heterocycles. The predicted molar refractivity (Wildman–Crippen MR) is 120 cm³/mol. The Kier molecular flexibility index (Phi) is 8.55. The first kappa shape index (κ1) is 23.5. The summed E-state index contributed by atoms with van der Waals surface area (Å²) in [5.41, 5.74) is 4.33. The average Bonchev–Trinajstić information content (AvgIpc) is 3.36. The van der Waals surface area contributed by atoms with E-state index >= 15 is 0 Å². The Morgan fingerprint density at radius 1 is 0.879 bits per heavy atom. The van der Waals surface area contributed by atoms with E-state index in [1.807, 2.05) is 60.7 Å². The van der Waals surface area contributed by atoms with Crippen LogP contribution in [0.2, 0.25) is 0 Å². The summed E-state index contributed by atoms with van der Waals surface area (Å²) in [4.78, 5) is 44.5. The van der Waals surface area contributed by atoms with Gasteiger partial charge in [-0.3, -0.25) is 15.0 Å². The molecular weight excluding hydrogens is 424 g/mol. The molecule has 0 saturated heterocycles. The van der Waals surface area contributed by atoms with Crippen LogP contribution in [0.5, 0.6) is 0 Å². The number of carbonyl (C=O) groups is 3. The van der Waals surface area contributed by atoms with Crippen LogP contribution in [-0.2, 0) is 33.8 Å². The molecular formula is C23H26N6O4. The Morgan fingerprint density at radius 3 is 2.12 bits per heavy atom. The van der Waals surface area contributed by atoms with E-state index in [9.17, 15) is 14.4 Å². The van der Waals surface area contributed by atoms with Gasteiger partial charge in [-0.25, -0.2) is 15.6 Å². The lowest BCUT2D eigenvalue weighted by molar-refractivity contribution is -0.130. The predicted octanol–water partition coefficient (Wildman–Crippen LogP) is 0.965. The summed E-state index contributed by atoms with van der Waals surface area (Å²) < 4.78 is 5.26. The second-order valence-corrected chi connectivity index (χ2v) is 7.30. The van der Waals surface area contributed by atoms with Crippen LogP contribution in [-0.4, -0.2) is 40.0 Å². The highest BCUT2D eigenvalue weighted by Gasteiger charge is 2.27. The SMILES string of the molecule is NNC(=O)[C@H](Cc1cnc[nH]1)NC(=O)[C@H](Cc1ccccc1)NC(=O)OCc1ccccc1. The maximum absolute atomic E-state index is 13.1. The van der Waals surface area contributed by atoms with Crippen molar-refractivity contribution in [2.45, 2.75) is 31.5 Å². The molecule has 10 nitrogen and oxygen atoms in total. The number of rotatable bonds is 10. The molecule has 3 amide bonds. The number of nitrogens with two attached hydrogens (primary N) is 1. The molecule has 3 rings (SSSR count). The van der Waals surface area contributed by atoms with Gasteiger partial charge in [0.25, 0.3) is 5.91 Å². The number of carbonyl (C=O) groups excluding carboxylic acids is 3. The molecule has 0 saturated carbocycles. The number of H-pyrrole nitrogens is 1. The van der Waals surface area contributed by atoms with E-state index in [1.54, 1.807) is 6.20 Å². The molecule has 10 heteroatoms. The molecule has 1 heterocycles. The van der Waals surface area contributed by atoms with Crippen molar-refractivity contribution in [3.05, 3.63) is 90.0 Å². The number of aromatic amines is 1. The van der Waals surface area contributed by atoms with Crippen LogP contribution in [0.4, 0.5) is 4.79 Å². The van der Waals surface area contributed by atoms with Gasteiger partial charge in [-0.05, 0) is 11.1 Å². The van der Waals surface area contributed by atoms with E-state index in [4.69, 9.17) is 10.6 Å². The molecule has 6 N–H and O–H groups in total. The molecule has 0 radical (unpaired) electrons. The van der Waals surface area contributed by atoms with Gasteiger partial charge in [0.05, 0.1) is 6.33 Å². The number of nitrogens with one attached hydrogen (secondary N) is 4. The second kappa shape index (κ2) is 12.0. The third kappa shape index (κ3) is 7.47. The number of hydrogen-bond acceptors (Lipinski definition) is 6. The zero-order chi connectivity index (χ0) is 23.5. The Bertz CT molecular complexity index is 1030. The largest absolute Gasteiger partial charge is 0.445 e. The summed E-state index contributed by atoms with van der Waals surface area (Å²) in [7, 11) is 0. The average molecular weight is 450 g/mol. The number of benzene rings is 2. The Labute approximate surface area is 190 Å². The van der Waals surface area contributed by atoms with Gasteiger partial charge in [0, 0.05) is 24.7 Å². The molecule has 0 bridgehead atoms. The second-order valence-electron chi connectivity index (χ2n) is 7.30. The third-order valence-corrected chi connectivity index (χ3v) is 4.86. The monoisotopic (exact) mass is 450 g/mol. The highest BCUT2D eigenvalue weighted by atomic mass is 16.5. The lowest BCUT2D eigenvalue weighted by Crippen LogP contribution is -2.56. The normalized spacial score (nSPS) is 12.3. The number of aromatic nitrogens is 2. The number of ether oxygens (including phenoxy) is 1. The Hall–Kier alpha value is -4.18.